The molecule has 1 atom stereocenters. The van der Waals surface area contributed by atoms with Crippen LogP contribution < -0.4 is 10.5 Å². The van der Waals surface area contributed by atoms with Gasteiger partial charge in [0.15, 0.2) is 0 Å². The van der Waals surface area contributed by atoms with E-state index in [1.807, 2.05) is 39.1 Å². The molecule has 2 rings (SSSR count). The smallest absolute Gasteiger partial charge is 0.147 e. The highest BCUT2D eigenvalue weighted by atomic mass is 35.5. The van der Waals surface area contributed by atoms with Crippen LogP contribution in [-0.2, 0) is 13.7 Å². The topological polar surface area (TPSA) is 53.1 Å². The summed E-state index contributed by atoms with van der Waals surface area (Å²) in [5.74, 6) is 1.58. The van der Waals surface area contributed by atoms with Gasteiger partial charge < -0.3 is 15.0 Å². The van der Waals surface area contributed by atoms with Crippen molar-refractivity contribution in [3.63, 3.8) is 0 Å². The van der Waals surface area contributed by atoms with Crippen LogP contribution in [0.1, 0.15) is 29.9 Å². The van der Waals surface area contributed by atoms with E-state index >= 15 is 0 Å². The summed E-state index contributed by atoms with van der Waals surface area (Å²) in [6.45, 7) is 4.33. The lowest BCUT2D eigenvalue weighted by molar-refractivity contribution is 0.287. The molecule has 0 bridgehead atoms. The second-order valence-corrected chi connectivity index (χ2v) is 5.06. The maximum atomic E-state index is 5.95. The summed E-state index contributed by atoms with van der Waals surface area (Å²) in [5, 5.41) is 0.593. The third-order valence-corrected chi connectivity index (χ3v) is 3.40. The molecule has 1 aromatic carbocycles. The highest BCUT2D eigenvalue weighted by Crippen LogP contribution is 2.26. The van der Waals surface area contributed by atoms with Gasteiger partial charge >= 0.3 is 0 Å². The highest BCUT2D eigenvalue weighted by Gasteiger charge is 2.10. The number of ether oxygens (including phenoxy) is 1. The van der Waals surface area contributed by atoms with E-state index in [9.17, 15) is 0 Å². The molecule has 0 aliphatic carbocycles. The number of aryl methyl sites for hydroxylation is 1. The molecule has 0 saturated heterocycles. The van der Waals surface area contributed by atoms with Gasteiger partial charge in [-0.1, -0.05) is 23.7 Å². The summed E-state index contributed by atoms with van der Waals surface area (Å²) in [6, 6.07) is 5.95. The number of rotatable bonds is 4. The molecule has 0 aliphatic rings. The summed E-state index contributed by atoms with van der Waals surface area (Å²) >= 11 is 5.94. The van der Waals surface area contributed by atoms with Crippen LogP contribution >= 0.6 is 11.6 Å². The van der Waals surface area contributed by atoms with E-state index in [-0.39, 0.29) is 6.04 Å². The lowest BCUT2D eigenvalue weighted by Gasteiger charge is -2.14. The van der Waals surface area contributed by atoms with Gasteiger partial charge in [0.25, 0.3) is 0 Å². The number of nitrogens with zero attached hydrogens (tertiary/aromatic N) is 2. The van der Waals surface area contributed by atoms with Gasteiger partial charge in [0.05, 0.1) is 6.20 Å². The second-order valence-electron chi connectivity index (χ2n) is 4.67. The van der Waals surface area contributed by atoms with Gasteiger partial charge in [-0.2, -0.15) is 0 Å². The van der Waals surface area contributed by atoms with E-state index in [0.717, 1.165) is 22.7 Å². The van der Waals surface area contributed by atoms with Crippen LogP contribution in [0.2, 0.25) is 5.15 Å². The predicted octanol–water partition coefficient (Wildman–Crippen LogP) is 2.98. The Morgan fingerprint density at radius 3 is 2.79 bits per heavy atom. The number of aromatic nitrogens is 2. The quantitative estimate of drug-likeness (QED) is 0.936. The van der Waals surface area contributed by atoms with E-state index in [1.165, 1.54) is 0 Å². The number of benzene rings is 1. The fourth-order valence-electron chi connectivity index (χ4n) is 1.84. The average molecular weight is 280 g/mol. The molecular formula is C14H18ClN3O. The zero-order chi connectivity index (χ0) is 14.0. The molecule has 5 heteroatoms. The molecule has 0 saturated carbocycles. The molecular weight excluding hydrogens is 262 g/mol. The van der Waals surface area contributed by atoms with E-state index in [0.29, 0.717) is 11.8 Å². The van der Waals surface area contributed by atoms with Crippen molar-refractivity contribution in [2.45, 2.75) is 26.5 Å². The fourth-order valence-corrected chi connectivity index (χ4v) is 1.99. The van der Waals surface area contributed by atoms with Crippen LogP contribution in [0.15, 0.2) is 24.4 Å². The third-order valence-electron chi connectivity index (χ3n) is 3.04. The SMILES string of the molecule is Cc1ccc([C@@H](C)N)c(OCc2ncc(Cl)n2C)c1. The van der Waals surface area contributed by atoms with Crippen LogP contribution in [0.3, 0.4) is 0 Å². The molecule has 102 valence electrons. The number of halogens is 1. The Labute approximate surface area is 118 Å². The summed E-state index contributed by atoms with van der Waals surface area (Å²) in [6.07, 6.45) is 1.61. The maximum absolute atomic E-state index is 5.95. The summed E-state index contributed by atoms with van der Waals surface area (Å²) < 4.78 is 7.63. The molecule has 0 aliphatic heterocycles. The first-order chi connectivity index (χ1) is 8.99. The molecule has 0 fully saturated rings. The molecule has 0 radical (unpaired) electrons. The van der Waals surface area contributed by atoms with Crippen LogP contribution in [0.25, 0.3) is 0 Å². The molecule has 1 aromatic heterocycles. The highest BCUT2D eigenvalue weighted by molar-refractivity contribution is 6.29. The van der Waals surface area contributed by atoms with Crippen LogP contribution in [0, 0.1) is 6.92 Å². The van der Waals surface area contributed by atoms with Crippen molar-refractivity contribution in [1.29, 1.82) is 0 Å². The Morgan fingerprint density at radius 1 is 1.47 bits per heavy atom. The third kappa shape index (κ3) is 3.08. The minimum absolute atomic E-state index is 0.0689. The fraction of sp³-hybridized carbons (Fsp3) is 0.357. The van der Waals surface area contributed by atoms with Crippen molar-refractivity contribution in [3.05, 3.63) is 46.5 Å². The lowest BCUT2D eigenvalue weighted by Crippen LogP contribution is -2.10. The second kappa shape index (κ2) is 5.63. The van der Waals surface area contributed by atoms with Crippen molar-refractivity contribution in [1.82, 2.24) is 9.55 Å². The van der Waals surface area contributed by atoms with E-state index in [1.54, 1.807) is 10.8 Å². The number of hydrogen-bond acceptors (Lipinski definition) is 3. The van der Waals surface area contributed by atoms with E-state index in [2.05, 4.69) is 4.98 Å². The minimum Gasteiger partial charge on any atom is -0.485 e. The molecule has 0 amide bonds. The van der Waals surface area contributed by atoms with Gasteiger partial charge in [-0.25, -0.2) is 4.98 Å². The average Bonchev–Trinajstić information content (AvgIpc) is 2.67. The largest absolute Gasteiger partial charge is 0.485 e. The van der Waals surface area contributed by atoms with Crippen LogP contribution in [0.5, 0.6) is 5.75 Å². The van der Waals surface area contributed by atoms with E-state index in [4.69, 9.17) is 22.1 Å². The maximum Gasteiger partial charge on any atom is 0.147 e. The normalized spacial score (nSPS) is 12.5. The summed E-state index contributed by atoms with van der Waals surface area (Å²) in [5.41, 5.74) is 8.07. The Balaban J connectivity index is 2.19. The number of hydrogen-bond donors (Lipinski definition) is 1. The zero-order valence-electron chi connectivity index (χ0n) is 11.4. The predicted molar refractivity (Wildman–Crippen MR) is 76.3 cm³/mol. The number of nitrogens with two attached hydrogens (primary N) is 1. The minimum atomic E-state index is -0.0689. The Kier molecular flexibility index (Phi) is 4.12. The summed E-state index contributed by atoms with van der Waals surface area (Å²) in [7, 11) is 1.86. The first kappa shape index (κ1) is 13.9. The van der Waals surface area contributed by atoms with Crippen molar-refractivity contribution < 1.29 is 4.74 Å². The Hall–Kier alpha value is -1.52. The monoisotopic (exact) mass is 279 g/mol. The molecule has 1 heterocycles. The molecule has 2 aromatic rings. The van der Waals surface area contributed by atoms with Gasteiger partial charge in [-0.05, 0) is 25.5 Å². The molecule has 0 spiro atoms. The zero-order valence-corrected chi connectivity index (χ0v) is 12.1. The van der Waals surface area contributed by atoms with Crippen LogP contribution in [0.4, 0.5) is 0 Å². The van der Waals surface area contributed by atoms with Gasteiger partial charge in [0.2, 0.25) is 0 Å². The molecule has 2 N–H and O–H groups in total. The molecule has 0 unspecified atom stereocenters. The van der Waals surface area contributed by atoms with Crippen molar-refractivity contribution in [2.24, 2.45) is 12.8 Å². The first-order valence-corrected chi connectivity index (χ1v) is 6.52. The molecule has 4 nitrogen and oxygen atoms in total. The number of imidazole rings is 1. The van der Waals surface area contributed by atoms with Gasteiger partial charge in [-0.15, -0.1) is 0 Å². The van der Waals surface area contributed by atoms with Crippen molar-refractivity contribution in [3.8, 4) is 5.75 Å². The van der Waals surface area contributed by atoms with Crippen molar-refractivity contribution in [2.75, 3.05) is 0 Å². The van der Waals surface area contributed by atoms with Gasteiger partial charge in [0, 0.05) is 18.7 Å². The van der Waals surface area contributed by atoms with E-state index < -0.39 is 0 Å². The standard InChI is InChI=1S/C14H18ClN3O/c1-9-4-5-11(10(2)16)12(6-9)19-8-14-17-7-13(15)18(14)3/h4-7,10H,8,16H2,1-3H3/t10-/m1/s1. The van der Waals surface area contributed by atoms with Gasteiger partial charge in [-0.3, -0.25) is 0 Å². The van der Waals surface area contributed by atoms with Gasteiger partial charge in [0.1, 0.15) is 23.3 Å². The molecule has 19 heavy (non-hydrogen) atoms. The first-order valence-electron chi connectivity index (χ1n) is 6.14. The lowest BCUT2D eigenvalue weighted by atomic mass is 10.1. The van der Waals surface area contributed by atoms with Crippen LogP contribution in [-0.4, -0.2) is 9.55 Å². The van der Waals surface area contributed by atoms with Crippen molar-refractivity contribution >= 4 is 11.6 Å². The Bertz CT molecular complexity index is 578. The summed E-state index contributed by atoms with van der Waals surface area (Å²) in [4.78, 5) is 4.20. The Morgan fingerprint density at radius 2 is 2.21 bits per heavy atom.